The van der Waals surface area contributed by atoms with E-state index in [4.69, 9.17) is 4.74 Å². The average Bonchev–Trinajstić information content (AvgIpc) is 2.93. The van der Waals surface area contributed by atoms with Gasteiger partial charge in [-0.25, -0.2) is 0 Å². The van der Waals surface area contributed by atoms with Crippen molar-refractivity contribution in [3.63, 3.8) is 0 Å². The molecular weight excluding hydrogens is 316 g/mol. The van der Waals surface area contributed by atoms with E-state index in [1.807, 2.05) is 31.2 Å². The topological polar surface area (TPSA) is 84.4 Å². The molecule has 7 nitrogen and oxygen atoms in total. The molecule has 2 amide bonds. The third kappa shape index (κ3) is 3.31. The smallest absolute Gasteiger partial charge is 0.267 e. The predicted octanol–water partition coefficient (Wildman–Crippen LogP) is 1.99. The Morgan fingerprint density at radius 1 is 1.39 bits per heavy atom. The van der Waals surface area contributed by atoms with Crippen LogP contribution in [-0.2, 0) is 9.59 Å². The Hall–Kier alpha value is -2.48. The first-order valence-electron chi connectivity index (χ1n) is 7.21. The maximum absolute atomic E-state index is 12.3. The van der Waals surface area contributed by atoms with E-state index in [1.54, 1.807) is 11.8 Å². The molecule has 0 bridgehead atoms. The second-order valence-electron chi connectivity index (χ2n) is 5.14. The monoisotopic (exact) mass is 332 g/mol. The number of hydrogen-bond donors (Lipinski definition) is 1. The minimum absolute atomic E-state index is 0.150. The molecule has 0 spiro atoms. The molecule has 1 aliphatic rings. The summed E-state index contributed by atoms with van der Waals surface area (Å²) in [7, 11) is 0. The highest BCUT2D eigenvalue weighted by Gasteiger charge is 2.31. The molecule has 0 aliphatic carbocycles. The lowest BCUT2D eigenvalue weighted by Crippen LogP contribution is -2.45. The van der Waals surface area contributed by atoms with Crippen LogP contribution < -0.4 is 15.0 Å². The van der Waals surface area contributed by atoms with Gasteiger partial charge >= 0.3 is 0 Å². The number of benzene rings is 1. The molecule has 1 unspecified atom stereocenters. The molecule has 0 fully saturated rings. The van der Waals surface area contributed by atoms with Crippen LogP contribution in [0.3, 0.4) is 0 Å². The van der Waals surface area contributed by atoms with Gasteiger partial charge in [-0.15, -0.1) is 10.2 Å². The number of para-hydroxylation sites is 2. The van der Waals surface area contributed by atoms with Crippen molar-refractivity contribution in [1.82, 2.24) is 10.2 Å². The molecule has 0 radical (unpaired) electrons. The summed E-state index contributed by atoms with van der Waals surface area (Å²) < 4.78 is 5.57. The van der Waals surface area contributed by atoms with Crippen LogP contribution in [0.4, 0.5) is 10.8 Å². The number of ether oxygens (including phenoxy) is 1. The summed E-state index contributed by atoms with van der Waals surface area (Å²) in [6.45, 7) is 3.81. The van der Waals surface area contributed by atoms with Gasteiger partial charge in [0.2, 0.25) is 11.0 Å². The van der Waals surface area contributed by atoms with Gasteiger partial charge in [0.1, 0.15) is 10.8 Å². The second-order valence-corrected chi connectivity index (χ2v) is 6.32. The lowest BCUT2D eigenvalue weighted by molar-refractivity contribution is -0.125. The Balaban J connectivity index is 1.67. The molecule has 2 heterocycles. The van der Waals surface area contributed by atoms with E-state index < -0.39 is 6.10 Å². The predicted molar refractivity (Wildman–Crippen MR) is 86.8 cm³/mol. The fourth-order valence-electron chi connectivity index (χ4n) is 2.33. The molecule has 1 aromatic heterocycles. The summed E-state index contributed by atoms with van der Waals surface area (Å²) in [6.07, 6.45) is -0.385. The van der Waals surface area contributed by atoms with Crippen molar-refractivity contribution in [3.8, 4) is 5.75 Å². The van der Waals surface area contributed by atoms with Gasteiger partial charge in [-0.05, 0) is 26.0 Å². The largest absolute Gasteiger partial charge is 0.479 e. The Morgan fingerprint density at radius 2 is 2.17 bits per heavy atom. The number of aryl methyl sites for hydroxylation is 1. The Kier molecular flexibility index (Phi) is 4.24. The molecule has 8 heteroatoms. The Bertz CT molecular complexity index is 746. The van der Waals surface area contributed by atoms with E-state index in [-0.39, 0.29) is 24.8 Å². The fourth-order valence-corrected chi connectivity index (χ4v) is 2.94. The second kappa shape index (κ2) is 6.33. The number of carbonyl (C=O) groups excluding carboxylic acids is 2. The molecule has 1 N–H and O–H groups in total. The minimum atomic E-state index is -0.557. The molecule has 3 rings (SSSR count). The molecule has 0 saturated carbocycles. The van der Waals surface area contributed by atoms with Crippen molar-refractivity contribution in [1.29, 1.82) is 0 Å². The molecule has 1 atom stereocenters. The molecule has 1 aromatic carbocycles. The first-order chi connectivity index (χ1) is 11.0. The molecule has 0 saturated heterocycles. The van der Waals surface area contributed by atoms with E-state index in [2.05, 4.69) is 15.5 Å². The van der Waals surface area contributed by atoms with Crippen LogP contribution in [0.25, 0.3) is 0 Å². The van der Waals surface area contributed by atoms with Crippen LogP contribution in [0.1, 0.15) is 18.4 Å². The van der Waals surface area contributed by atoms with Gasteiger partial charge in [0.15, 0.2) is 6.10 Å². The summed E-state index contributed by atoms with van der Waals surface area (Å²) >= 11 is 1.31. The standard InChI is InChI=1S/C15H16N4O3S/c1-9-14(21)19(11-5-3-4-6-12(11)22-9)8-7-13(20)16-15-18-17-10(2)23-15/h3-6,9H,7-8H2,1-2H3,(H,16,18,20). The number of nitrogens with one attached hydrogen (secondary N) is 1. The molecular formula is C15H16N4O3S. The summed E-state index contributed by atoms with van der Waals surface area (Å²) in [4.78, 5) is 25.9. The van der Waals surface area contributed by atoms with Crippen LogP contribution in [0.5, 0.6) is 5.75 Å². The molecule has 2 aromatic rings. The normalized spacial score (nSPS) is 16.7. The maximum Gasteiger partial charge on any atom is 0.267 e. The number of anilines is 2. The van der Waals surface area contributed by atoms with Crippen molar-refractivity contribution in [2.24, 2.45) is 0 Å². The first kappa shape index (κ1) is 15.4. The number of amides is 2. The van der Waals surface area contributed by atoms with Gasteiger partial charge in [-0.1, -0.05) is 23.5 Å². The highest BCUT2D eigenvalue weighted by molar-refractivity contribution is 7.15. The number of rotatable bonds is 4. The van der Waals surface area contributed by atoms with Gasteiger partial charge in [-0.2, -0.15) is 0 Å². The number of nitrogens with zero attached hydrogens (tertiary/aromatic N) is 3. The van der Waals surface area contributed by atoms with E-state index in [0.29, 0.717) is 16.6 Å². The summed E-state index contributed by atoms with van der Waals surface area (Å²) in [5.41, 5.74) is 0.690. The van der Waals surface area contributed by atoms with Gasteiger partial charge in [0, 0.05) is 13.0 Å². The number of fused-ring (bicyclic) bond motifs is 1. The van der Waals surface area contributed by atoms with Crippen LogP contribution in [0, 0.1) is 6.92 Å². The highest BCUT2D eigenvalue weighted by Crippen LogP contribution is 2.33. The van der Waals surface area contributed by atoms with Crippen LogP contribution in [-0.4, -0.2) is 34.7 Å². The quantitative estimate of drug-likeness (QED) is 0.925. The fraction of sp³-hybridized carbons (Fsp3) is 0.333. The maximum atomic E-state index is 12.3. The summed E-state index contributed by atoms with van der Waals surface area (Å²) in [6, 6.07) is 7.31. The minimum Gasteiger partial charge on any atom is -0.479 e. The van der Waals surface area contributed by atoms with E-state index in [9.17, 15) is 9.59 Å². The number of hydrogen-bond acceptors (Lipinski definition) is 6. The first-order valence-corrected chi connectivity index (χ1v) is 8.03. The van der Waals surface area contributed by atoms with Crippen LogP contribution >= 0.6 is 11.3 Å². The van der Waals surface area contributed by atoms with Gasteiger partial charge in [-0.3, -0.25) is 9.59 Å². The van der Waals surface area contributed by atoms with Crippen molar-refractivity contribution >= 4 is 34.0 Å². The molecule has 120 valence electrons. The number of carbonyl (C=O) groups is 2. The zero-order valence-electron chi connectivity index (χ0n) is 12.8. The van der Waals surface area contributed by atoms with E-state index >= 15 is 0 Å². The highest BCUT2D eigenvalue weighted by atomic mass is 32.1. The Labute approximate surface area is 137 Å². The van der Waals surface area contributed by atoms with Gasteiger partial charge in [0.25, 0.3) is 5.91 Å². The third-order valence-electron chi connectivity index (χ3n) is 3.41. The van der Waals surface area contributed by atoms with Gasteiger partial charge < -0.3 is 15.0 Å². The lowest BCUT2D eigenvalue weighted by atomic mass is 10.1. The van der Waals surface area contributed by atoms with Crippen molar-refractivity contribution in [3.05, 3.63) is 29.3 Å². The van der Waals surface area contributed by atoms with E-state index in [0.717, 1.165) is 5.01 Å². The lowest BCUT2D eigenvalue weighted by Gasteiger charge is -2.32. The third-order valence-corrected chi connectivity index (χ3v) is 4.16. The average molecular weight is 332 g/mol. The summed E-state index contributed by atoms with van der Waals surface area (Å²) in [5.74, 6) is 0.300. The van der Waals surface area contributed by atoms with Crippen LogP contribution in [0.15, 0.2) is 24.3 Å². The summed E-state index contributed by atoms with van der Waals surface area (Å²) in [5, 5.41) is 11.6. The zero-order chi connectivity index (χ0) is 16.4. The van der Waals surface area contributed by atoms with Crippen LogP contribution in [0.2, 0.25) is 0 Å². The van der Waals surface area contributed by atoms with Crippen molar-refractivity contribution < 1.29 is 14.3 Å². The van der Waals surface area contributed by atoms with Crippen molar-refractivity contribution in [2.45, 2.75) is 26.4 Å². The Morgan fingerprint density at radius 3 is 2.91 bits per heavy atom. The molecule has 23 heavy (non-hydrogen) atoms. The molecule has 1 aliphatic heterocycles. The van der Waals surface area contributed by atoms with Gasteiger partial charge in [0.05, 0.1) is 5.69 Å². The van der Waals surface area contributed by atoms with Crippen molar-refractivity contribution in [2.75, 3.05) is 16.8 Å². The zero-order valence-corrected chi connectivity index (χ0v) is 13.6. The van der Waals surface area contributed by atoms with E-state index in [1.165, 1.54) is 11.3 Å². The number of aromatic nitrogens is 2. The SMILES string of the molecule is Cc1nnc(NC(=O)CCN2C(=O)C(C)Oc3ccccc32)s1.